The number of nitrogens with zero attached hydrogens (tertiary/aromatic N) is 2. The van der Waals surface area contributed by atoms with Gasteiger partial charge in [-0.3, -0.25) is 0 Å². The minimum absolute atomic E-state index is 0.0681. The van der Waals surface area contributed by atoms with Crippen LogP contribution in [0.15, 0.2) is 53.4 Å². The third kappa shape index (κ3) is 3.86. The number of amides is 2. The number of urea groups is 1. The van der Waals surface area contributed by atoms with E-state index < -0.39 is 15.8 Å². The van der Waals surface area contributed by atoms with E-state index in [9.17, 15) is 17.6 Å². The zero-order valence-electron chi connectivity index (χ0n) is 14.4. The van der Waals surface area contributed by atoms with E-state index in [1.54, 1.807) is 17.0 Å². The fourth-order valence-electron chi connectivity index (χ4n) is 2.78. The minimum atomic E-state index is -3.70. The smallest absolute Gasteiger partial charge is 0.321 e. The summed E-state index contributed by atoms with van der Waals surface area (Å²) < 4.78 is 40.1. The molecule has 0 unspecified atom stereocenters. The van der Waals surface area contributed by atoms with E-state index >= 15 is 0 Å². The average molecular weight is 377 g/mol. The van der Waals surface area contributed by atoms with Crippen LogP contribution in [0.5, 0.6) is 0 Å². The zero-order chi connectivity index (χ0) is 18.7. The summed E-state index contributed by atoms with van der Waals surface area (Å²) in [5, 5.41) is 2.79. The highest BCUT2D eigenvalue weighted by Crippen LogP contribution is 2.20. The molecule has 1 heterocycles. The van der Waals surface area contributed by atoms with Crippen LogP contribution in [0.3, 0.4) is 0 Å². The first-order valence-corrected chi connectivity index (χ1v) is 9.69. The van der Waals surface area contributed by atoms with Gasteiger partial charge in [-0.1, -0.05) is 18.2 Å². The standard InChI is InChI=1S/C18H20FN3O3S/c1-14-13-16(7-8-17(14)19)26(24,25)22-11-9-21(10-12-22)18(23)20-15-5-3-2-4-6-15/h2-8,13H,9-12H2,1H3,(H,20,23). The summed E-state index contributed by atoms with van der Waals surface area (Å²) in [5.74, 6) is -0.439. The van der Waals surface area contributed by atoms with E-state index in [2.05, 4.69) is 5.32 Å². The molecule has 2 aromatic carbocycles. The molecule has 0 atom stereocenters. The summed E-state index contributed by atoms with van der Waals surface area (Å²) in [6.07, 6.45) is 0. The van der Waals surface area contributed by atoms with Crippen molar-refractivity contribution in [2.45, 2.75) is 11.8 Å². The summed E-state index contributed by atoms with van der Waals surface area (Å²) in [7, 11) is -3.70. The first kappa shape index (κ1) is 18.3. The molecule has 0 aliphatic carbocycles. The number of hydrogen-bond donors (Lipinski definition) is 1. The van der Waals surface area contributed by atoms with E-state index in [-0.39, 0.29) is 42.7 Å². The largest absolute Gasteiger partial charge is 0.322 e. The summed E-state index contributed by atoms with van der Waals surface area (Å²) in [4.78, 5) is 13.9. The van der Waals surface area contributed by atoms with Crippen LogP contribution in [0.25, 0.3) is 0 Å². The molecule has 26 heavy (non-hydrogen) atoms. The number of benzene rings is 2. The van der Waals surface area contributed by atoms with Gasteiger partial charge in [0, 0.05) is 31.9 Å². The first-order chi connectivity index (χ1) is 12.4. The Kier molecular flexibility index (Phi) is 5.24. The van der Waals surface area contributed by atoms with Crippen molar-refractivity contribution in [3.8, 4) is 0 Å². The van der Waals surface area contributed by atoms with E-state index in [0.29, 0.717) is 5.69 Å². The Hall–Kier alpha value is -2.45. The van der Waals surface area contributed by atoms with Gasteiger partial charge in [-0.05, 0) is 42.8 Å². The average Bonchev–Trinajstić information content (AvgIpc) is 2.65. The van der Waals surface area contributed by atoms with E-state index in [1.807, 2.05) is 18.2 Å². The number of anilines is 1. The molecule has 1 saturated heterocycles. The van der Waals surface area contributed by atoms with Crippen LogP contribution in [0.4, 0.5) is 14.9 Å². The monoisotopic (exact) mass is 377 g/mol. The van der Waals surface area contributed by atoms with Gasteiger partial charge in [0.25, 0.3) is 0 Å². The molecule has 3 rings (SSSR count). The molecule has 0 spiro atoms. The first-order valence-electron chi connectivity index (χ1n) is 8.25. The predicted octanol–water partition coefficient (Wildman–Crippen LogP) is 2.67. The molecule has 0 saturated carbocycles. The van der Waals surface area contributed by atoms with Crippen molar-refractivity contribution in [1.29, 1.82) is 0 Å². The molecule has 2 amide bonds. The molecule has 1 N–H and O–H groups in total. The van der Waals surface area contributed by atoms with Crippen LogP contribution in [-0.4, -0.2) is 49.8 Å². The normalized spacial score (nSPS) is 15.7. The van der Waals surface area contributed by atoms with Crippen molar-refractivity contribution in [3.63, 3.8) is 0 Å². The maximum atomic E-state index is 13.4. The fourth-order valence-corrected chi connectivity index (χ4v) is 4.29. The van der Waals surface area contributed by atoms with Crippen LogP contribution >= 0.6 is 0 Å². The molecule has 1 aliphatic heterocycles. The molecule has 0 aromatic heterocycles. The van der Waals surface area contributed by atoms with Gasteiger partial charge in [-0.2, -0.15) is 4.31 Å². The van der Waals surface area contributed by atoms with Crippen LogP contribution in [0, 0.1) is 12.7 Å². The zero-order valence-corrected chi connectivity index (χ0v) is 15.2. The van der Waals surface area contributed by atoms with Crippen LogP contribution in [0.2, 0.25) is 0 Å². The molecule has 1 aliphatic rings. The number of carbonyl (C=O) groups is 1. The summed E-state index contributed by atoms with van der Waals surface area (Å²) in [5.41, 5.74) is 0.973. The van der Waals surface area contributed by atoms with Gasteiger partial charge in [0.05, 0.1) is 4.90 Å². The number of para-hydroxylation sites is 1. The van der Waals surface area contributed by atoms with Crippen molar-refractivity contribution in [1.82, 2.24) is 9.21 Å². The maximum Gasteiger partial charge on any atom is 0.321 e. The third-order valence-corrected chi connectivity index (χ3v) is 6.21. The van der Waals surface area contributed by atoms with Gasteiger partial charge >= 0.3 is 6.03 Å². The number of halogens is 1. The Balaban J connectivity index is 1.64. The van der Waals surface area contributed by atoms with Crippen molar-refractivity contribution >= 4 is 21.7 Å². The van der Waals surface area contributed by atoms with Crippen molar-refractivity contribution in [3.05, 3.63) is 59.9 Å². The summed E-state index contributed by atoms with van der Waals surface area (Å²) in [6, 6.07) is 12.6. The quantitative estimate of drug-likeness (QED) is 0.894. The number of piperazine rings is 1. The predicted molar refractivity (Wildman–Crippen MR) is 96.9 cm³/mol. The van der Waals surface area contributed by atoms with Gasteiger partial charge in [0.1, 0.15) is 5.82 Å². The van der Waals surface area contributed by atoms with Gasteiger partial charge in [-0.15, -0.1) is 0 Å². The summed E-state index contributed by atoms with van der Waals surface area (Å²) in [6.45, 7) is 2.50. The molecule has 1 fully saturated rings. The minimum Gasteiger partial charge on any atom is -0.322 e. The molecule has 0 bridgehead atoms. The third-order valence-electron chi connectivity index (χ3n) is 4.32. The molecule has 8 heteroatoms. The van der Waals surface area contributed by atoms with Crippen molar-refractivity contribution < 1.29 is 17.6 Å². The molecule has 0 radical (unpaired) electrons. The van der Waals surface area contributed by atoms with Gasteiger partial charge in [0.2, 0.25) is 10.0 Å². The van der Waals surface area contributed by atoms with Crippen LogP contribution in [0.1, 0.15) is 5.56 Å². The van der Waals surface area contributed by atoms with Crippen molar-refractivity contribution in [2.75, 3.05) is 31.5 Å². The lowest BCUT2D eigenvalue weighted by Gasteiger charge is -2.34. The Bertz CT molecular complexity index is 895. The lowest BCUT2D eigenvalue weighted by molar-refractivity contribution is 0.184. The Morgan fingerprint density at radius 2 is 1.69 bits per heavy atom. The number of sulfonamides is 1. The lowest BCUT2D eigenvalue weighted by atomic mass is 10.2. The lowest BCUT2D eigenvalue weighted by Crippen LogP contribution is -2.51. The fraction of sp³-hybridized carbons (Fsp3) is 0.278. The molecular formula is C18H20FN3O3S. The van der Waals surface area contributed by atoms with Crippen LogP contribution < -0.4 is 5.32 Å². The molecule has 138 valence electrons. The van der Waals surface area contributed by atoms with Crippen LogP contribution in [-0.2, 0) is 10.0 Å². The second kappa shape index (κ2) is 7.43. The number of nitrogens with one attached hydrogen (secondary N) is 1. The van der Waals surface area contributed by atoms with E-state index in [4.69, 9.17) is 0 Å². The molecule has 6 nitrogen and oxygen atoms in total. The number of rotatable bonds is 3. The van der Waals surface area contributed by atoms with E-state index in [1.165, 1.54) is 23.4 Å². The number of carbonyl (C=O) groups excluding carboxylic acids is 1. The van der Waals surface area contributed by atoms with E-state index in [0.717, 1.165) is 6.07 Å². The van der Waals surface area contributed by atoms with Gasteiger partial charge < -0.3 is 10.2 Å². The second-order valence-corrected chi connectivity index (χ2v) is 8.04. The molecular weight excluding hydrogens is 357 g/mol. The maximum absolute atomic E-state index is 13.4. The highest BCUT2D eigenvalue weighted by atomic mass is 32.2. The Morgan fingerprint density at radius 1 is 1.04 bits per heavy atom. The number of aryl methyl sites for hydroxylation is 1. The van der Waals surface area contributed by atoms with Gasteiger partial charge in [0.15, 0.2) is 0 Å². The molecule has 2 aromatic rings. The topological polar surface area (TPSA) is 69.7 Å². The number of hydrogen-bond acceptors (Lipinski definition) is 3. The Morgan fingerprint density at radius 3 is 2.31 bits per heavy atom. The second-order valence-electron chi connectivity index (χ2n) is 6.10. The Labute approximate surface area is 152 Å². The summed E-state index contributed by atoms with van der Waals surface area (Å²) >= 11 is 0. The SMILES string of the molecule is Cc1cc(S(=O)(=O)N2CCN(C(=O)Nc3ccccc3)CC2)ccc1F. The highest BCUT2D eigenvalue weighted by molar-refractivity contribution is 7.89. The highest BCUT2D eigenvalue weighted by Gasteiger charge is 2.30. The van der Waals surface area contributed by atoms with Crippen molar-refractivity contribution in [2.24, 2.45) is 0 Å². The van der Waals surface area contributed by atoms with Gasteiger partial charge in [-0.25, -0.2) is 17.6 Å².